The molecule has 2 heterocycles. The molecule has 0 saturated heterocycles. The number of urea groups is 1. The molecular formula is C19H24N4O2S2. The van der Waals surface area contributed by atoms with Crippen LogP contribution in [-0.4, -0.2) is 15.2 Å². The molecule has 2 atom stereocenters. The SMILES string of the molecule is CCc1csc([S@](N)(=O)=NC(=O)Nc2c3c(nc4c2CC[C@H]4C)CCC3)c1. The van der Waals surface area contributed by atoms with Gasteiger partial charge >= 0.3 is 6.03 Å². The van der Waals surface area contributed by atoms with E-state index in [1.165, 1.54) is 11.3 Å². The highest BCUT2D eigenvalue weighted by molar-refractivity contribution is 7.93. The van der Waals surface area contributed by atoms with Crippen molar-refractivity contribution in [2.75, 3.05) is 5.32 Å². The second-order valence-corrected chi connectivity index (χ2v) is 10.2. The first-order valence-corrected chi connectivity index (χ1v) is 11.8. The van der Waals surface area contributed by atoms with Gasteiger partial charge in [0.15, 0.2) is 9.92 Å². The zero-order valence-electron chi connectivity index (χ0n) is 15.6. The maximum atomic E-state index is 12.8. The van der Waals surface area contributed by atoms with E-state index >= 15 is 0 Å². The van der Waals surface area contributed by atoms with Gasteiger partial charge in [-0.2, -0.15) is 0 Å². The van der Waals surface area contributed by atoms with Crippen LogP contribution in [0.15, 0.2) is 20.0 Å². The highest BCUT2D eigenvalue weighted by Gasteiger charge is 2.30. The molecule has 27 heavy (non-hydrogen) atoms. The van der Waals surface area contributed by atoms with Gasteiger partial charge in [-0.3, -0.25) is 4.98 Å². The minimum Gasteiger partial charge on any atom is -0.305 e. The van der Waals surface area contributed by atoms with Gasteiger partial charge in [0, 0.05) is 11.4 Å². The van der Waals surface area contributed by atoms with Crippen LogP contribution in [0.5, 0.6) is 0 Å². The Morgan fingerprint density at radius 2 is 2.22 bits per heavy atom. The molecule has 3 N–H and O–H groups in total. The number of anilines is 1. The molecule has 8 heteroatoms. The number of amides is 2. The molecule has 0 aromatic carbocycles. The van der Waals surface area contributed by atoms with Crippen LogP contribution in [0.25, 0.3) is 0 Å². The molecule has 0 unspecified atom stereocenters. The Labute approximate surface area is 163 Å². The number of aryl methyl sites for hydroxylation is 2. The molecular weight excluding hydrogens is 380 g/mol. The molecule has 144 valence electrons. The zero-order chi connectivity index (χ0) is 19.2. The van der Waals surface area contributed by atoms with Crippen LogP contribution in [-0.2, 0) is 35.6 Å². The molecule has 0 aliphatic heterocycles. The number of nitrogens with one attached hydrogen (secondary N) is 1. The van der Waals surface area contributed by atoms with E-state index in [-0.39, 0.29) is 0 Å². The third-order valence-electron chi connectivity index (χ3n) is 5.43. The van der Waals surface area contributed by atoms with E-state index in [1.54, 1.807) is 6.07 Å². The Morgan fingerprint density at radius 3 is 2.96 bits per heavy atom. The number of nitrogens with zero attached hydrogens (tertiary/aromatic N) is 2. The minimum absolute atomic E-state index is 0.399. The second kappa shape index (κ2) is 7.00. The molecule has 0 saturated carbocycles. The topological polar surface area (TPSA) is 97.4 Å². The number of carbonyl (C=O) groups excluding carboxylic acids is 1. The Bertz CT molecular complexity index is 1030. The molecule has 0 bridgehead atoms. The first-order valence-electron chi connectivity index (χ1n) is 9.37. The minimum atomic E-state index is -3.24. The van der Waals surface area contributed by atoms with Gasteiger partial charge in [-0.15, -0.1) is 15.7 Å². The Morgan fingerprint density at radius 1 is 1.41 bits per heavy atom. The summed E-state index contributed by atoms with van der Waals surface area (Å²) >= 11 is 1.29. The second-order valence-electron chi connectivity index (χ2n) is 7.29. The lowest BCUT2D eigenvalue weighted by Crippen LogP contribution is -2.18. The van der Waals surface area contributed by atoms with Crippen molar-refractivity contribution in [3.63, 3.8) is 0 Å². The summed E-state index contributed by atoms with van der Waals surface area (Å²) in [6, 6.07) is 1.13. The Hall–Kier alpha value is -1.77. The van der Waals surface area contributed by atoms with Gasteiger partial charge in [0.25, 0.3) is 0 Å². The first kappa shape index (κ1) is 18.6. The lowest BCUT2D eigenvalue weighted by Gasteiger charge is -2.15. The van der Waals surface area contributed by atoms with Crippen molar-refractivity contribution >= 4 is 33.0 Å². The summed E-state index contributed by atoms with van der Waals surface area (Å²) < 4.78 is 17.1. The first-order chi connectivity index (χ1) is 12.9. The predicted molar refractivity (Wildman–Crippen MR) is 109 cm³/mol. The van der Waals surface area contributed by atoms with Crippen LogP contribution >= 0.6 is 11.3 Å². The zero-order valence-corrected chi connectivity index (χ0v) is 17.2. The van der Waals surface area contributed by atoms with Crippen molar-refractivity contribution in [2.45, 2.75) is 62.5 Å². The van der Waals surface area contributed by atoms with Gasteiger partial charge in [0.1, 0.15) is 4.21 Å². The summed E-state index contributed by atoms with van der Waals surface area (Å²) in [5.41, 5.74) is 6.27. The smallest absolute Gasteiger partial charge is 0.305 e. The van der Waals surface area contributed by atoms with Crippen molar-refractivity contribution < 1.29 is 9.00 Å². The van der Waals surface area contributed by atoms with Crippen molar-refractivity contribution in [3.8, 4) is 0 Å². The number of pyridine rings is 1. The normalized spacial score (nSPS) is 20.0. The fourth-order valence-corrected chi connectivity index (χ4v) is 6.17. The third kappa shape index (κ3) is 3.41. The molecule has 0 radical (unpaired) electrons. The van der Waals surface area contributed by atoms with Crippen LogP contribution in [0.1, 0.15) is 60.7 Å². The fourth-order valence-electron chi connectivity index (χ4n) is 3.94. The maximum Gasteiger partial charge on any atom is 0.354 e. The summed E-state index contributed by atoms with van der Waals surface area (Å²) in [6.45, 7) is 4.19. The molecule has 2 aromatic rings. The molecule has 4 rings (SSSR count). The molecule has 0 fully saturated rings. The number of rotatable bonds is 3. The van der Waals surface area contributed by atoms with Gasteiger partial charge in [-0.1, -0.05) is 13.8 Å². The Kier molecular flexibility index (Phi) is 4.82. The summed E-state index contributed by atoms with van der Waals surface area (Å²) in [7, 11) is -3.24. The average Bonchev–Trinajstić information content (AvgIpc) is 3.34. The third-order valence-corrected chi connectivity index (χ3v) is 8.33. The van der Waals surface area contributed by atoms with Crippen LogP contribution < -0.4 is 10.5 Å². The average molecular weight is 405 g/mol. The molecule has 6 nitrogen and oxygen atoms in total. The van der Waals surface area contributed by atoms with Gasteiger partial charge < -0.3 is 5.32 Å². The lowest BCUT2D eigenvalue weighted by atomic mass is 10.0. The molecule has 2 aliphatic carbocycles. The molecule has 2 aromatic heterocycles. The predicted octanol–water partition coefficient (Wildman–Crippen LogP) is 4.18. The van der Waals surface area contributed by atoms with Crippen LogP contribution in [0.2, 0.25) is 0 Å². The van der Waals surface area contributed by atoms with Gasteiger partial charge in [0.2, 0.25) is 0 Å². The van der Waals surface area contributed by atoms with E-state index in [1.807, 2.05) is 12.3 Å². The van der Waals surface area contributed by atoms with Crippen LogP contribution in [0, 0.1) is 0 Å². The fraction of sp³-hybridized carbons (Fsp3) is 0.474. The van der Waals surface area contributed by atoms with Gasteiger partial charge in [0.05, 0.1) is 5.69 Å². The van der Waals surface area contributed by atoms with Crippen molar-refractivity contribution in [1.29, 1.82) is 0 Å². The van der Waals surface area contributed by atoms with E-state index in [0.717, 1.165) is 72.3 Å². The van der Waals surface area contributed by atoms with Gasteiger partial charge in [-0.25, -0.2) is 14.1 Å². The quantitative estimate of drug-likeness (QED) is 0.803. The largest absolute Gasteiger partial charge is 0.354 e. The molecule has 2 aliphatic rings. The highest BCUT2D eigenvalue weighted by Crippen LogP contribution is 2.41. The summed E-state index contributed by atoms with van der Waals surface area (Å²) in [6.07, 6.45) is 5.65. The highest BCUT2D eigenvalue weighted by atomic mass is 32.2. The van der Waals surface area contributed by atoms with E-state index in [9.17, 15) is 9.00 Å². The number of hydrogen-bond acceptors (Lipinski definition) is 4. The van der Waals surface area contributed by atoms with Crippen molar-refractivity contribution in [3.05, 3.63) is 39.5 Å². The van der Waals surface area contributed by atoms with E-state index in [4.69, 9.17) is 10.1 Å². The van der Waals surface area contributed by atoms with Crippen molar-refractivity contribution in [2.24, 2.45) is 9.50 Å². The number of thiophene rings is 1. The summed E-state index contributed by atoms with van der Waals surface area (Å²) in [5, 5.41) is 10.7. The van der Waals surface area contributed by atoms with Crippen LogP contribution in [0.4, 0.5) is 10.5 Å². The van der Waals surface area contributed by atoms with Crippen molar-refractivity contribution in [1.82, 2.24) is 4.98 Å². The summed E-state index contributed by atoms with van der Waals surface area (Å²) in [4.78, 5) is 17.5. The van der Waals surface area contributed by atoms with E-state index < -0.39 is 15.9 Å². The number of carbonyl (C=O) groups is 1. The number of fused-ring (bicyclic) bond motifs is 2. The van der Waals surface area contributed by atoms with E-state index in [2.05, 4.69) is 16.6 Å². The summed E-state index contributed by atoms with van der Waals surface area (Å²) in [5.74, 6) is 0.399. The molecule has 2 amide bonds. The standard InChI is InChI=1S/C19H24N4O2S2/c1-3-12-9-16(26-10-12)27(20,25)23-19(24)22-18-13-5-4-6-15(13)21-17-11(2)7-8-14(17)18/h9-11H,3-8H2,1-2H3,(H3,20,21,22,23,24,25)/t11-,27-/m1/s1. The number of aromatic nitrogens is 1. The number of hydrogen-bond donors (Lipinski definition) is 2. The van der Waals surface area contributed by atoms with Gasteiger partial charge in [-0.05, 0) is 72.6 Å². The number of nitrogens with two attached hydrogens (primary N) is 1. The Balaban J connectivity index is 1.68. The maximum absolute atomic E-state index is 12.8. The van der Waals surface area contributed by atoms with Crippen LogP contribution in [0.3, 0.4) is 0 Å². The van der Waals surface area contributed by atoms with E-state index in [0.29, 0.717) is 10.1 Å². The monoisotopic (exact) mass is 404 g/mol. The lowest BCUT2D eigenvalue weighted by molar-refractivity contribution is 0.260. The molecule has 0 spiro atoms.